The van der Waals surface area contributed by atoms with Crippen LogP contribution in [0.1, 0.15) is 36.4 Å². The molecule has 0 aliphatic carbocycles. The van der Waals surface area contributed by atoms with Gasteiger partial charge in [0.25, 0.3) is 0 Å². The summed E-state index contributed by atoms with van der Waals surface area (Å²) in [6, 6.07) is 4.78. The third-order valence-corrected chi connectivity index (χ3v) is 6.94. The van der Waals surface area contributed by atoms with E-state index < -0.39 is 10.0 Å². The number of sulfonamides is 1. The Labute approximate surface area is 165 Å². The number of benzene rings is 1. The Kier molecular flexibility index (Phi) is 6.95. The van der Waals surface area contributed by atoms with E-state index in [0.717, 1.165) is 0 Å². The van der Waals surface area contributed by atoms with Crippen molar-refractivity contribution in [3.63, 3.8) is 0 Å². The van der Waals surface area contributed by atoms with Gasteiger partial charge in [0.05, 0.1) is 11.4 Å². The van der Waals surface area contributed by atoms with Gasteiger partial charge in [-0.05, 0) is 38.0 Å². The number of hydrogen-bond acceptors (Lipinski definition) is 4. The van der Waals surface area contributed by atoms with Gasteiger partial charge in [-0.15, -0.1) is 0 Å². The molecule has 0 saturated heterocycles. The van der Waals surface area contributed by atoms with E-state index in [9.17, 15) is 17.6 Å². The molecule has 9 heteroatoms. The molecule has 1 heterocycles. The lowest BCUT2D eigenvalue weighted by atomic mass is 10.1. The van der Waals surface area contributed by atoms with Gasteiger partial charge < -0.3 is 5.32 Å². The summed E-state index contributed by atoms with van der Waals surface area (Å²) in [6.45, 7) is 9.26. The van der Waals surface area contributed by atoms with E-state index in [1.807, 2.05) is 0 Å². The summed E-state index contributed by atoms with van der Waals surface area (Å²) in [6.07, 6.45) is 0. The van der Waals surface area contributed by atoms with Crippen molar-refractivity contribution >= 4 is 15.9 Å². The topological polar surface area (TPSA) is 84.3 Å². The molecule has 1 aromatic heterocycles. The molecular formula is C19H27FN4O3S. The lowest BCUT2D eigenvalue weighted by molar-refractivity contribution is -0.122. The van der Waals surface area contributed by atoms with E-state index in [0.29, 0.717) is 35.6 Å². The Balaban J connectivity index is 2.14. The molecule has 7 nitrogen and oxygen atoms in total. The lowest BCUT2D eigenvalue weighted by Crippen LogP contribution is -2.31. The van der Waals surface area contributed by atoms with Crippen LogP contribution in [-0.4, -0.2) is 41.5 Å². The minimum absolute atomic E-state index is 0.116. The number of carbonyl (C=O) groups excluding carboxylic acids is 1. The second-order valence-electron chi connectivity index (χ2n) is 6.61. The van der Waals surface area contributed by atoms with E-state index in [1.165, 1.54) is 15.1 Å². The van der Waals surface area contributed by atoms with Crippen molar-refractivity contribution in [2.75, 3.05) is 13.1 Å². The number of aromatic nitrogens is 2. The average molecular weight is 411 g/mol. The fourth-order valence-corrected chi connectivity index (χ4v) is 4.87. The molecule has 2 rings (SSSR count). The molecule has 0 fully saturated rings. The van der Waals surface area contributed by atoms with E-state index >= 15 is 0 Å². The number of carbonyl (C=O) groups is 1. The summed E-state index contributed by atoms with van der Waals surface area (Å²) in [4.78, 5) is 12.4. The number of aryl methyl sites for hydroxylation is 2. The van der Waals surface area contributed by atoms with Gasteiger partial charge in [0.1, 0.15) is 17.3 Å². The number of nitrogens with zero attached hydrogens (tertiary/aromatic N) is 3. The van der Waals surface area contributed by atoms with Gasteiger partial charge >= 0.3 is 0 Å². The predicted molar refractivity (Wildman–Crippen MR) is 105 cm³/mol. The average Bonchev–Trinajstić information content (AvgIpc) is 2.90. The molecule has 1 aromatic carbocycles. The molecule has 0 aliphatic heterocycles. The highest BCUT2D eigenvalue weighted by Crippen LogP contribution is 2.23. The third kappa shape index (κ3) is 4.59. The Morgan fingerprint density at radius 1 is 1.21 bits per heavy atom. The monoisotopic (exact) mass is 410 g/mol. The molecule has 0 spiro atoms. The van der Waals surface area contributed by atoms with Crippen LogP contribution in [0.2, 0.25) is 0 Å². The smallest absolute Gasteiger partial charge is 0.246 e. The summed E-state index contributed by atoms with van der Waals surface area (Å²) in [5.74, 6) is -0.657. The van der Waals surface area contributed by atoms with Crippen LogP contribution in [0.5, 0.6) is 0 Å². The van der Waals surface area contributed by atoms with Crippen LogP contribution in [0, 0.1) is 26.6 Å². The van der Waals surface area contributed by atoms with Crippen molar-refractivity contribution in [1.82, 2.24) is 19.4 Å². The number of amides is 1. The first-order chi connectivity index (χ1) is 13.1. The Morgan fingerprint density at radius 2 is 1.86 bits per heavy atom. The molecule has 0 unspecified atom stereocenters. The summed E-state index contributed by atoms with van der Waals surface area (Å²) in [7, 11) is -3.67. The first-order valence-electron chi connectivity index (χ1n) is 9.17. The van der Waals surface area contributed by atoms with Gasteiger partial charge in [0, 0.05) is 19.6 Å². The predicted octanol–water partition coefficient (Wildman–Crippen LogP) is 2.29. The minimum Gasteiger partial charge on any atom is -0.350 e. The molecule has 1 amide bonds. The molecular weight excluding hydrogens is 383 g/mol. The van der Waals surface area contributed by atoms with Crippen LogP contribution in [0.3, 0.4) is 0 Å². The fourth-order valence-electron chi connectivity index (χ4n) is 3.04. The fraction of sp³-hybridized carbons (Fsp3) is 0.474. The molecule has 28 heavy (non-hydrogen) atoms. The lowest BCUT2D eigenvalue weighted by Gasteiger charge is -2.18. The molecule has 2 aromatic rings. The molecule has 0 saturated carbocycles. The van der Waals surface area contributed by atoms with Crippen molar-refractivity contribution in [3.8, 4) is 0 Å². The highest BCUT2D eigenvalue weighted by molar-refractivity contribution is 7.89. The number of rotatable bonds is 8. The zero-order chi connectivity index (χ0) is 21.1. The summed E-state index contributed by atoms with van der Waals surface area (Å²) in [5, 5.41) is 6.95. The minimum atomic E-state index is -3.67. The quantitative estimate of drug-likeness (QED) is 0.724. The molecule has 0 bridgehead atoms. The summed E-state index contributed by atoms with van der Waals surface area (Å²) < 4.78 is 42.0. The number of hydrogen-bond donors (Lipinski definition) is 1. The van der Waals surface area contributed by atoms with Gasteiger partial charge in [0.15, 0.2) is 0 Å². The zero-order valence-corrected chi connectivity index (χ0v) is 17.7. The van der Waals surface area contributed by atoms with Crippen LogP contribution in [0.4, 0.5) is 4.39 Å². The van der Waals surface area contributed by atoms with Gasteiger partial charge in [-0.25, -0.2) is 12.8 Å². The van der Waals surface area contributed by atoms with Gasteiger partial charge in [-0.3, -0.25) is 9.48 Å². The molecule has 0 aliphatic rings. The highest BCUT2D eigenvalue weighted by Gasteiger charge is 2.29. The maximum atomic E-state index is 13.6. The van der Waals surface area contributed by atoms with Crippen LogP contribution in [0.25, 0.3) is 0 Å². The maximum absolute atomic E-state index is 13.6. The Morgan fingerprint density at radius 3 is 2.43 bits per heavy atom. The van der Waals surface area contributed by atoms with Crippen LogP contribution in [-0.2, 0) is 27.9 Å². The first-order valence-corrected chi connectivity index (χ1v) is 10.6. The third-order valence-electron chi connectivity index (χ3n) is 4.64. The van der Waals surface area contributed by atoms with Crippen molar-refractivity contribution in [3.05, 3.63) is 46.5 Å². The van der Waals surface area contributed by atoms with Crippen molar-refractivity contribution in [2.45, 2.75) is 52.6 Å². The zero-order valence-electron chi connectivity index (χ0n) is 16.9. The van der Waals surface area contributed by atoms with Gasteiger partial charge in [0.2, 0.25) is 15.9 Å². The summed E-state index contributed by atoms with van der Waals surface area (Å²) in [5.41, 5.74) is 1.97. The van der Waals surface area contributed by atoms with Gasteiger partial charge in [-0.2, -0.15) is 9.40 Å². The van der Waals surface area contributed by atoms with Crippen molar-refractivity contribution < 1.29 is 17.6 Å². The summed E-state index contributed by atoms with van der Waals surface area (Å²) >= 11 is 0. The Hall–Kier alpha value is -2.26. The van der Waals surface area contributed by atoms with Crippen molar-refractivity contribution in [2.24, 2.45) is 0 Å². The normalized spacial score (nSPS) is 11.8. The second kappa shape index (κ2) is 8.83. The Bertz CT molecular complexity index is 966. The number of nitrogens with one attached hydrogen (secondary N) is 1. The SMILES string of the molecule is CCN(CC)S(=O)(=O)c1c(C)nn(CC(=O)NCc2ccc(C)c(F)c2)c1C. The van der Waals surface area contributed by atoms with E-state index in [-0.39, 0.29) is 29.7 Å². The highest BCUT2D eigenvalue weighted by atomic mass is 32.2. The van der Waals surface area contributed by atoms with Crippen LogP contribution < -0.4 is 5.32 Å². The molecule has 1 N–H and O–H groups in total. The van der Waals surface area contributed by atoms with E-state index in [2.05, 4.69) is 10.4 Å². The second-order valence-corrected chi connectivity index (χ2v) is 8.48. The maximum Gasteiger partial charge on any atom is 0.246 e. The molecule has 154 valence electrons. The van der Waals surface area contributed by atoms with Crippen molar-refractivity contribution in [1.29, 1.82) is 0 Å². The molecule has 0 atom stereocenters. The van der Waals surface area contributed by atoms with E-state index in [1.54, 1.807) is 46.8 Å². The first kappa shape index (κ1) is 22.0. The standard InChI is InChI=1S/C19H27FN4O3S/c1-6-23(7-2)28(26,27)19-14(4)22-24(15(19)5)12-18(25)21-11-16-9-8-13(3)17(20)10-16/h8-10H,6-7,11-12H2,1-5H3,(H,21,25). The van der Waals surface area contributed by atoms with Crippen LogP contribution in [0.15, 0.2) is 23.1 Å². The molecule has 0 radical (unpaired) electrons. The van der Waals surface area contributed by atoms with Crippen LogP contribution >= 0.6 is 0 Å². The number of halogens is 1. The van der Waals surface area contributed by atoms with E-state index in [4.69, 9.17) is 0 Å². The van der Waals surface area contributed by atoms with Gasteiger partial charge in [-0.1, -0.05) is 26.0 Å². The largest absolute Gasteiger partial charge is 0.350 e.